The average molecular weight is 448 g/mol. The van der Waals surface area contributed by atoms with Crippen molar-refractivity contribution < 1.29 is 23.9 Å². The molecule has 8 nitrogen and oxygen atoms in total. The lowest BCUT2D eigenvalue weighted by atomic mass is 10.0. The first kappa shape index (κ1) is 24.0. The highest BCUT2D eigenvalue weighted by Gasteiger charge is 2.26. The molecule has 166 valence electrons. The van der Waals surface area contributed by atoms with Gasteiger partial charge in [0.15, 0.2) is 0 Å². The molecule has 2 aromatic rings. The number of benzene rings is 2. The summed E-state index contributed by atoms with van der Waals surface area (Å²) in [6.07, 6.45) is 0. The molecule has 0 spiro atoms. The molecule has 0 fully saturated rings. The van der Waals surface area contributed by atoms with Gasteiger partial charge < -0.3 is 25.4 Å². The summed E-state index contributed by atoms with van der Waals surface area (Å²) in [6, 6.07) is 8.65. The van der Waals surface area contributed by atoms with E-state index in [1.54, 1.807) is 36.4 Å². The fraction of sp³-hybridized carbons (Fsp3) is 0.318. The molecule has 0 saturated heterocycles. The number of hydrogen-bond acceptors (Lipinski definition) is 5. The predicted octanol–water partition coefficient (Wildman–Crippen LogP) is 3.71. The highest BCUT2D eigenvalue weighted by molar-refractivity contribution is 6.34. The zero-order chi connectivity index (χ0) is 23.1. The summed E-state index contributed by atoms with van der Waals surface area (Å²) >= 11 is 6.19. The zero-order valence-corrected chi connectivity index (χ0v) is 18.8. The topological polar surface area (TPSA) is 106 Å². The van der Waals surface area contributed by atoms with Crippen molar-refractivity contribution in [3.63, 3.8) is 0 Å². The standard InChI is InChI=1S/C22H26ClN3O5/c1-12(2)20(26-21(28)14-8-16(30-4)11-17(9-14)31-5)22(29)25-19-10-15(24-13(3)27)6-7-18(19)23/h6-12,20H,1-5H3,(H,24,27)(H,25,29)(H,26,28). The van der Waals surface area contributed by atoms with Gasteiger partial charge >= 0.3 is 0 Å². The third-order valence-corrected chi connectivity index (χ3v) is 4.72. The smallest absolute Gasteiger partial charge is 0.252 e. The van der Waals surface area contributed by atoms with Crippen LogP contribution in [-0.2, 0) is 9.59 Å². The number of hydrogen-bond donors (Lipinski definition) is 3. The number of amides is 3. The lowest BCUT2D eigenvalue weighted by Crippen LogP contribution is -2.47. The molecular weight excluding hydrogens is 422 g/mol. The minimum atomic E-state index is -0.842. The molecule has 1 unspecified atom stereocenters. The first-order valence-electron chi connectivity index (χ1n) is 9.56. The van der Waals surface area contributed by atoms with Gasteiger partial charge in [-0.25, -0.2) is 0 Å². The molecule has 1 atom stereocenters. The molecule has 0 aliphatic carbocycles. The van der Waals surface area contributed by atoms with Crippen molar-refractivity contribution in [2.24, 2.45) is 5.92 Å². The number of rotatable bonds is 8. The molecule has 3 amide bonds. The summed E-state index contributed by atoms with van der Waals surface area (Å²) < 4.78 is 10.4. The van der Waals surface area contributed by atoms with Gasteiger partial charge in [-0.3, -0.25) is 14.4 Å². The fourth-order valence-corrected chi connectivity index (χ4v) is 2.98. The van der Waals surface area contributed by atoms with E-state index in [1.165, 1.54) is 21.1 Å². The summed E-state index contributed by atoms with van der Waals surface area (Å²) in [6.45, 7) is 5.00. The first-order valence-corrected chi connectivity index (χ1v) is 9.94. The third kappa shape index (κ3) is 6.62. The number of carbonyl (C=O) groups is 3. The molecule has 31 heavy (non-hydrogen) atoms. The highest BCUT2D eigenvalue weighted by Crippen LogP contribution is 2.26. The van der Waals surface area contributed by atoms with Crippen LogP contribution in [0.25, 0.3) is 0 Å². The van der Waals surface area contributed by atoms with Crippen LogP contribution in [0.3, 0.4) is 0 Å². The lowest BCUT2D eigenvalue weighted by molar-refractivity contribution is -0.119. The van der Waals surface area contributed by atoms with Crippen LogP contribution in [0.2, 0.25) is 5.02 Å². The summed E-state index contributed by atoms with van der Waals surface area (Å²) in [7, 11) is 2.97. The molecule has 0 saturated carbocycles. The minimum absolute atomic E-state index is 0.214. The van der Waals surface area contributed by atoms with Gasteiger partial charge in [0, 0.05) is 24.2 Å². The van der Waals surface area contributed by atoms with E-state index in [-0.39, 0.29) is 11.8 Å². The molecule has 3 N–H and O–H groups in total. The number of ether oxygens (including phenoxy) is 2. The van der Waals surface area contributed by atoms with Crippen LogP contribution in [0.1, 0.15) is 31.1 Å². The van der Waals surface area contributed by atoms with Crippen molar-refractivity contribution in [2.45, 2.75) is 26.8 Å². The second kappa shape index (κ2) is 10.7. The Morgan fingerprint density at radius 1 is 0.935 bits per heavy atom. The van der Waals surface area contributed by atoms with Gasteiger partial charge in [-0.05, 0) is 36.2 Å². The van der Waals surface area contributed by atoms with E-state index in [9.17, 15) is 14.4 Å². The van der Waals surface area contributed by atoms with Crippen LogP contribution in [0, 0.1) is 5.92 Å². The molecule has 9 heteroatoms. The number of nitrogens with one attached hydrogen (secondary N) is 3. The lowest BCUT2D eigenvalue weighted by Gasteiger charge is -2.22. The maximum Gasteiger partial charge on any atom is 0.252 e. The molecular formula is C22H26ClN3O5. The Morgan fingerprint density at radius 3 is 2.06 bits per heavy atom. The molecule has 0 aliphatic rings. The number of methoxy groups -OCH3 is 2. The van der Waals surface area contributed by atoms with Crippen LogP contribution in [-0.4, -0.2) is 38.0 Å². The van der Waals surface area contributed by atoms with Crippen molar-refractivity contribution in [1.82, 2.24) is 5.32 Å². The molecule has 2 rings (SSSR count). The zero-order valence-electron chi connectivity index (χ0n) is 18.0. The molecule has 0 heterocycles. The van der Waals surface area contributed by atoms with Crippen LogP contribution < -0.4 is 25.4 Å². The van der Waals surface area contributed by atoms with Gasteiger partial charge in [0.2, 0.25) is 11.8 Å². The van der Waals surface area contributed by atoms with E-state index in [0.717, 1.165) is 0 Å². The number of halogens is 1. The molecule has 0 bridgehead atoms. The van der Waals surface area contributed by atoms with Gasteiger partial charge in [-0.15, -0.1) is 0 Å². The second-order valence-electron chi connectivity index (χ2n) is 7.16. The first-order chi connectivity index (χ1) is 14.6. The Bertz CT molecular complexity index is 955. The quantitative estimate of drug-likeness (QED) is 0.572. The van der Waals surface area contributed by atoms with Gasteiger partial charge in [-0.2, -0.15) is 0 Å². The number of anilines is 2. The monoisotopic (exact) mass is 447 g/mol. The van der Waals surface area contributed by atoms with Gasteiger partial charge in [0.1, 0.15) is 17.5 Å². The Hall–Kier alpha value is -3.26. The summed E-state index contributed by atoms with van der Waals surface area (Å²) in [5.41, 5.74) is 1.10. The van der Waals surface area contributed by atoms with E-state index < -0.39 is 17.9 Å². The average Bonchev–Trinajstić information content (AvgIpc) is 2.72. The fourth-order valence-electron chi connectivity index (χ4n) is 2.81. The Balaban J connectivity index is 2.22. The molecule has 0 aromatic heterocycles. The minimum Gasteiger partial charge on any atom is -0.497 e. The van der Waals surface area contributed by atoms with Gasteiger partial charge in [0.05, 0.1) is 24.9 Å². The third-order valence-electron chi connectivity index (χ3n) is 4.39. The summed E-state index contributed by atoms with van der Waals surface area (Å²) in [5, 5.41) is 8.40. The SMILES string of the molecule is COc1cc(OC)cc(C(=O)NC(C(=O)Nc2cc(NC(C)=O)ccc2Cl)C(C)C)c1. The van der Waals surface area contributed by atoms with Crippen LogP contribution in [0.15, 0.2) is 36.4 Å². The maximum atomic E-state index is 12.9. The van der Waals surface area contributed by atoms with Crippen molar-refractivity contribution >= 4 is 40.7 Å². The highest BCUT2D eigenvalue weighted by atomic mass is 35.5. The Labute approximate surface area is 186 Å². The molecule has 0 aliphatic heterocycles. The van der Waals surface area contributed by atoms with E-state index in [4.69, 9.17) is 21.1 Å². The van der Waals surface area contributed by atoms with Crippen molar-refractivity contribution in [1.29, 1.82) is 0 Å². The largest absolute Gasteiger partial charge is 0.497 e. The second-order valence-corrected chi connectivity index (χ2v) is 7.57. The maximum absolute atomic E-state index is 12.9. The summed E-state index contributed by atoms with van der Waals surface area (Å²) in [4.78, 5) is 37.0. The number of carbonyl (C=O) groups excluding carboxylic acids is 3. The van der Waals surface area contributed by atoms with Crippen LogP contribution in [0.4, 0.5) is 11.4 Å². The van der Waals surface area contributed by atoms with Crippen LogP contribution >= 0.6 is 11.6 Å². The van der Waals surface area contributed by atoms with Crippen molar-refractivity contribution in [2.75, 3.05) is 24.9 Å². The van der Waals surface area contributed by atoms with E-state index >= 15 is 0 Å². The Kier molecular flexibility index (Phi) is 8.27. The van der Waals surface area contributed by atoms with E-state index in [2.05, 4.69) is 16.0 Å². The predicted molar refractivity (Wildman–Crippen MR) is 120 cm³/mol. The molecule has 2 aromatic carbocycles. The van der Waals surface area contributed by atoms with E-state index in [0.29, 0.717) is 33.5 Å². The summed E-state index contributed by atoms with van der Waals surface area (Å²) in [5.74, 6) is -0.452. The Morgan fingerprint density at radius 2 is 1.55 bits per heavy atom. The van der Waals surface area contributed by atoms with Gasteiger partial charge in [-0.1, -0.05) is 25.4 Å². The van der Waals surface area contributed by atoms with Crippen molar-refractivity contribution in [3.8, 4) is 11.5 Å². The van der Waals surface area contributed by atoms with E-state index in [1.807, 2.05) is 13.8 Å². The van der Waals surface area contributed by atoms with Crippen molar-refractivity contribution in [3.05, 3.63) is 47.0 Å². The normalized spacial score (nSPS) is 11.5. The van der Waals surface area contributed by atoms with Crippen LogP contribution in [0.5, 0.6) is 11.5 Å². The van der Waals surface area contributed by atoms with Gasteiger partial charge in [0.25, 0.3) is 5.91 Å². The molecule has 0 radical (unpaired) electrons.